The number of nitriles is 1. The minimum atomic E-state index is -0.553. The largest absolute Gasteiger partial charge is 0.462 e. The van der Waals surface area contributed by atoms with E-state index in [1.807, 2.05) is 19.9 Å². The van der Waals surface area contributed by atoms with E-state index >= 15 is 0 Å². The van der Waals surface area contributed by atoms with Gasteiger partial charge in [0, 0.05) is 0 Å². The minimum Gasteiger partial charge on any atom is -0.462 e. The summed E-state index contributed by atoms with van der Waals surface area (Å²) in [6, 6.07) is 1.85. The van der Waals surface area contributed by atoms with Crippen molar-refractivity contribution >= 4 is 5.97 Å². The Kier molecular flexibility index (Phi) is 3.87. The Labute approximate surface area is 89.5 Å². The lowest BCUT2D eigenvalue weighted by Crippen LogP contribution is -2.12. The lowest BCUT2D eigenvalue weighted by molar-refractivity contribution is -0.138. The van der Waals surface area contributed by atoms with E-state index in [9.17, 15) is 4.79 Å². The van der Waals surface area contributed by atoms with Crippen molar-refractivity contribution in [3.63, 3.8) is 0 Å². The van der Waals surface area contributed by atoms with Gasteiger partial charge in [0.2, 0.25) is 0 Å². The lowest BCUT2D eigenvalue weighted by atomic mass is 10.0. The molecule has 1 heterocycles. The monoisotopic (exact) mass is 209 g/mol. The first-order valence-electron chi connectivity index (χ1n) is 5.11. The number of rotatable bonds is 5. The van der Waals surface area contributed by atoms with Crippen LogP contribution in [0.5, 0.6) is 0 Å². The molecule has 82 valence electrons. The van der Waals surface area contributed by atoms with Gasteiger partial charge in [0.05, 0.1) is 13.2 Å². The smallest absolute Gasteiger partial charge is 0.348 e. The molecule has 1 fully saturated rings. The maximum Gasteiger partial charge on any atom is 0.348 e. The van der Waals surface area contributed by atoms with Crippen molar-refractivity contribution in [3.05, 3.63) is 11.6 Å². The van der Waals surface area contributed by atoms with Gasteiger partial charge in [-0.05, 0) is 18.9 Å². The molecule has 4 nitrogen and oxygen atoms in total. The minimum absolute atomic E-state index is 0.0443. The standard InChI is InChI=1S/C11H15NO3/c1-3-5-14-10(13)9(7-12)6-11(4-2)8-15-11/h6H,3-5,8H2,1-2H3/b9-6+. The molecular weight excluding hydrogens is 194 g/mol. The van der Waals surface area contributed by atoms with E-state index in [1.165, 1.54) is 0 Å². The SMILES string of the molecule is CCCOC(=O)/C(C#N)=C/C1(CC)CO1. The van der Waals surface area contributed by atoms with Crippen LogP contribution in [0.3, 0.4) is 0 Å². The Hall–Kier alpha value is -1.34. The molecule has 0 amide bonds. The molecule has 1 aliphatic rings. The number of carbonyl (C=O) groups is 1. The van der Waals surface area contributed by atoms with Crippen LogP contribution in [0.1, 0.15) is 26.7 Å². The van der Waals surface area contributed by atoms with E-state index in [4.69, 9.17) is 14.7 Å². The van der Waals surface area contributed by atoms with Crippen molar-refractivity contribution < 1.29 is 14.3 Å². The van der Waals surface area contributed by atoms with Crippen molar-refractivity contribution in [2.24, 2.45) is 0 Å². The zero-order valence-corrected chi connectivity index (χ0v) is 9.08. The van der Waals surface area contributed by atoms with Gasteiger partial charge in [0.25, 0.3) is 0 Å². The van der Waals surface area contributed by atoms with Crippen molar-refractivity contribution in [2.75, 3.05) is 13.2 Å². The fourth-order valence-electron chi connectivity index (χ4n) is 1.15. The number of nitrogens with zero attached hydrogens (tertiary/aromatic N) is 1. The summed E-state index contributed by atoms with van der Waals surface area (Å²) in [7, 11) is 0. The van der Waals surface area contributed by atoms with Gasteiger partial charge < -0.3 is 9.47 Å². The maximum absolute atomic E-state index is 11.4. The first-order valence-corrected chi connectivity index (χ1v) is 5.11. The molecule has 0 radical (unpaired) electrons. The first-order chi connectivity index (χ1) is 7.17. The highest BCUT2D eigenvalue weighted by Gasteiger charge is 2.41. The fourth-order valence-corrected chi connectivity index (χ4v) is 1.15. The molecule has 1 aliphatic heterocycles. The summed E-state index contributed by atoms with van der Waals surface area (Å²) in [6.45, 7) is 4.78. The predicted molar refractivity (Wildman–Crippen MR) is 53.9 cm³/mol. The van der Waals surface area contributed by atoms with E-state index in [1.54, 1.807) is 6.08 Å². The third-order valence-corrected chi connectivity index (χ3v) is 2.30. The maximum atomic E-state index is 11.4. The zero-order chi connectivity index (χ0) is 11.3. The molecule has 1 rings (SSSR count). The molecule has 0 N–H and O–H groups in total. The Morgan fingerprint density at radius 3 is 2.73 bits per heavy atom. The molecule has 0 aromatic rings. The summed E-state index contributed by atoms with van der Waals surface area (Å²) in [6.07, 6.45) is 3.09. The Bertz CT molecular complexity index is 310. The van der Waals surface area contributed by atoms with Crippen LogP contribution in [-0.2, 0) is 14.3 Å². The van der Waals surface area contributed by atoms with Crippen molar-refractivity contribution in [1.82, 2.24) is 0 Å². The van der Waals surface area contributed by atoms with Crippen LogP contribution in [0.15, 0.2) is 11.6 Å². The summed E-state index contributed by atoms with van der Waals surface area (Å²) in [5.41, 5.74) is -0.348. The van der Waals surface area contributed by atoms with Gasteiger partial charge in [0.15, 0.2) is 0 Å². The molecule has 1 atom stereocenters. The Morgan fingerprint density at radius 2 is 2.33 bits per heavy atom. The van der Waals surface area contributed by atoms with E-state index in [-0.39, 0.29) is 5.57 Å². The van der Waals surface area contributed by atoms with Gasteiger partial charge in [-0.25, -0.2) is 4.79 Å². The van der Waals surface area contributed by atoms with Gasteiger partial charge in [-0.3, -0.25) is 0 Å². The number of hydrogen-bond acceptors (Lipinski definition) is 4. The molecule has 0 aromatic heterocycles. The summed E-state index contributed by atoms with van der Waals surface area (Å²) < 4.78 is 10.1. The van der Waals surface area contributed by atoms with Crippen molar-refractivity contribution in [1.29, 1.82) is 5.26 Å². The van der Waals surface area contributed by atoms with Gasteiger partial charge >= 0.3 is 5.97 Å². The summed E-state index contributed by atoms with van der Waals surface area (Å²) in [5, 5.41) is 8.81. The van der Waals surface area contributed by atoms with Crippen LogP contribution in [0.4, 0.5) is 0 Å². The molecule has 0 aliphatic carbocycles. The predicted octanol–water partition coefficient (Wildman–Crippen LogP) is 1.57. The van der Waals surface area contributed by atoms with Crippen LogP contribution < -0.4 is 0 Å². The van der Waals surface area contributed by atoms with Crippen molar-refractivity contribution in [2.45, 2.75) is 32.3 Å². The normalized spacial score (nSPS) is 24.5. The molecule has 0 bridgehead atoms. The lowest BCUT2D eigenvalue weighted by Gasteiger charge is -2.04. The second-order valence-corrected chi connectivity index (χ2v) is 3.51. The molecule has 0 saturated carbocycles. The molecule has 0 spiro atoms. The second kappa shape index (κ2) is 4.94. The van der Waals surface area contributed by atoms with Gasteiger partial charge in [-0.2, -0.15) is 5.26 Å². The topological polar surface area (TPSA) is 62.6 Å². The third kappa shape index (κ3) is 3.07. The van der Waals surface area contributed by atoms with Crippen molar-refractivity contribution in [3.8, 4) is 6.07 Å². The molecule has 1 saturated heterocycles. The highest BCUT2D eigenvalue weighted by Crippen LogP contribution is 2.33. The van der Waals surface area contributed by atoms with Crippen LogP contribution in [0, 0.1) is 11.3 Å². The fraction of sp³-hybridized carbons (Fsp3) is 0.636. The summed E-state index contributed by atoms with van der Waals surface area (Å²) >= 11 is 0. The Balaban J connectivity index is 2.63. The van der Waals surface area contributed by atoms with E-state index < -0.39 is 11.6 Å². The molecular formula is C11H15NO3. The van der Waals surface area contributed by atoms with Gasteiger partial charge in [-0.15, -0.1) is 0 Å². The number of hydrogen-bond donors (Lipinski definition) is 0. The van der Waals surface area contributed by atoms with Crippen LogP contribution >= 0.6 is 0 Å². The number of esters is 1. The number of ether oxygens (including phenoxy) is 2. The molecule has 1 unspecified atom stereocenters. The molecule has 0 aromatic carbocycles. The first kappa shape index (κ1) is 11.7. The van der Waals surface area contributed by atoms with E-state index in [2.05, 4.69) is 0 Å². The summed E-state index contributed by atoms with van der Waals surface area (Å²) in [4.78, 5) is 11.4. The Morgan fingerprint density at radius 1 is 1.67 bits per heavy atom. The van der Waals surface area contributed by atoms with E-state index in [0.717, 1.165) is 12.8 Å². The van der Waals surface area contributed by atoms with Gasteiger partial charge in [0.1, 0.15) is 17.2 Å². The highest BCUT2D eigenvalue weighted by molar-refractivity contribution is 5.93. The average Bonchev–Trinajstić information content (AvgIpc) is 3.03. The molecule has 15 heavy (non-hydrogen) atoms. The quantitative estimate of drug-likeness (QED) is 0.298. The van der Waals surface area contributed by atoms with Crippen LogP contribution in [0.25, 0.3) is 0 Å². The summed E-state index contributed by atoms with van der Waals surface area (Å²) in [5.74, 6) is -0.553. The van der Waals surface area contributed by atoms with Crippen LogP contribution in [-0.4, -0.2) is 24.8 Å². The van der Waals surface area contributed by atoms with E-state index in [0.29, 0.717) is 13.2 Å². The molecule has 4 heteroatoms. The number of epoxide rings is 1. The van der Waals surface area contributed by atoms with Crippen LogP contribution in [0.2, 0.25) is 0 Å². The zero-order valence-electron chi connectivity index (χ0n) is 9.08. The highest BCUT2D eigenvalue weighted by atomic mass is 16.6. The average molecular weight is 209 g/mol. The second-order valence-electron chi connectivity index (χ2n) is 3.51. The number of carbonyl (C=O) groups excluding carboxylic acids is 1. The van der Waals surface area contributed by atoms with Gasteiger partial charge in [-0.1, -0.05) is 13.8 Å². The third-order valence-electron chi connectivity index (χ3n) is 2.30.